The zero-order valence-electron chi connectivity index (χ0n) is 8.89. The Labute approximate surface area is 94.4 Å². The van der Waals surface area contributed by atoms with Crippen LogP contribution >= 0.6 is 0 Å². The molecule has 0 N–H and O–H groups in total. The van der Waals surface area contributed by atoms with Crippen LogP contribution in [0.4, 0.5) is 0 Å². The van der Waals surface area contributed by atoms with E-state index in [4.69, 9.17) is 0 Å². The van der Waals surface area contributed by atoms with E-state index in [1.165, 1.54) is 10.8 Å². The number of allylic oxidation sites excluding steroid dienone is 2. The lowest BCUT2D eigenvalue weighted by atomic mass is 9.94. The van der Waals surface area contributed by atoms with Crippen LogP contribution in [0.15, 0.2) is 54.6 Å². The van der Waals surface area contributed by atoms with Gasteiger partial charge in [0.1, 0.15) is 0 Å². The summed E-state index contributed by atoms with van der Waals surface area (Å²) in [5.74, 6) is 0.278. The van der Waals surface area contributed by atoms with Gasteiger partial charge in [0.05, 0.1) is 5.92 Å². The molecule has 0 fully saturated rings. The number of carbonyl (C=O) groups excluding carboxylic acids is 1. The number of fused-ring (bicyclic) bond motifs is 1. The Hall–Kier alpha value is -1.89. The maximum atomic E-state index is 11.6. The molecule has 1 aliphatic rings. The average molecular weight is 208 g/mol. The highest BCUT2D eigenvalue weighted by Gasteiger charge is 2.21. The lowest BCUT2D eigenvalue weighted by Gasteiger charge is -2.09. The van der Waals surface area contributed by atoms with Crippen LogP contribution in [0.1, 0.15) is 17.9 Å². The third-order valence-corrected chi connectivity index (χ3v) is 3.17. The van der Waals surface area contributed by atoms with Crippen molar-refractivity contribution >= 4 is 16.6 Å². The lowest BCUT2D eigenvalue weighted by Crippen LogP contribution is -2.04. The second-order valence-electron chi connectivity index (χ2n) is 4.20. The molecule has 2 aromatic carbocycles. The van der Waals surface area contributed by atoms with E-state index < -0.39 is 0 Å². The molecule has 0 heterocycles. The van der Waals surface area contributed by atoms with Crippen molar-refractivity contribution < 1.29 is 4.79 Å². The highest BCUT2D eigenvalue weighted by atomic mass is 16.1. The molecule has 0 radical (unpaired) electrons. The Morgan fingerprint density at radius 1 is 1.00 bits per heavy atom. The predicted octanol–water partition coefficient (Wildman–Crippen LogP) is 3.45. The van der Waals surface area contributed by atoms with Gasteiger partial charge in [0, 0.05) is 0 Å². The molecule has 1 unspecified atom stereocenters. The molecule has 0 aromatic heterocycles. The summed E-state index contributed by atoms with van der Waals surface area (Å²) in [6.45, 7) is 0. The van der Waals surface area contributed by atoms with Gasteiger partial charge >= 0.3 is 0 Å². The Morgan fingerprint density at radius 3 is 2.56 bits per heavy atom. The van der Waals surface area contributed by atoms with Gasteiger partial charge in [-0.05, 0) is 28.8 Å². The van der Waals surface area contributed by atoms with E-state index >= 15 is 0 Å². The van der Waals surface area contributed by atoms with Crippen LogP contribution in [0.3, 0.4) is 0 Å². The monoisotopic (exact) mass is 208 g/mol. The molecule has 0 bridgehead atoms. The van der Waals surface area contributed by atoms with Gasteiger partial charge in [-0.2, -0.15) is 0 Å². The van der Waals surface area contributed by atoms with Crippen LogP contribution in [0.25, 0.3) is 10.8 Å². The number of hydrogen-bond donors (Lipinski definition) is 0. The molecule has 0 amide bonds. The first-order chi connectivity index (χ1) is 7.84. The molecule has 0 saturated carbocycles. The molecular weight excluding hydrogens is 196 g/mol. The number of carbonyl (C=O) groups is 1. The smallest absolute Gasteiger partial charge is 0.163 e. The summed E-state index contributed by atoms with van der Waals surface area (Å²) in [4.78, 5) is 11.6. The summed E-state index contributed by atoms with van der Waals surface area (Å²) >= 11 is 0. The fraction of sp³-hybridized carbons (Fsp3) is 0.133. The summed E-state index contributed by atoms with van der Waals surface area (Å²) in [7, 11) is 0. The third kappa shape index (κ3) is 1.45. The summed E-state index contributed by atoms with van der Waals surface area (Å²) < 4.78 is 0. The Balaban J connectivity index is 2.08. The maximum absolute atomic E-state index is 11.6. The minimum Gasteiger partial charge on any atom is -0.294 e. The van der Waals surface area contributed by atoms with Crippen LogP contribution < -0.4 is 0 Å². The van der Waals surface area contributed by atoms with E-state index in [2.05, 4.69) is 30.3 Å². The van der Waals surface area contributed by atoms with Crippen LogP contribution in [0, 0.1) is 0 Å². The van der Waals surface area contributed by atoms with Crippen molar-refractivity contribution in [3.05, 3.63) is 60.2 Å². The molecule has 0 aliphatic heterocycles. The van der Waals surface area contributed by atoms with E-state index in [0.717, 1.165) is 12.0 Å². The summed E-state index contributed by atoms with van der Waals surface area (Å²) in [5, 5.41) is 2.43. The van der Waals surface area contributed by atoms with Crippen molar-refractivity contribution in [2.45, 2.75) is 12.3 Å². The Kier molecular flexibility index (Phi) is 2.10. The fourth-order valence-corrected chi connectivity index (χ4v) is 2.28. The highest BCUT2D eigenvalue weighted by molar-refractivity contribution is 5.98. The van der Waals surface area contributed by atoms with E-state index in [1.807, 2.05) is 18.2 Å². The molecule has 1 aliphatic carbocycles. The van der Waals surface area contributed by atoms with Crippen molar-refractivity contribution in [3.8, 4) is 0 Å². The second kappa shape index (κ2) is 3.60. The predicted molar refractivity (Wildman–Crippen MR) is 65.5 cm³/mol. The third-order valence-electron chi connectivity index (χ3n) is 3.17. The standard InChI is InChI=1S/C15H12O/c16-15-7-3-6-14(15)13-9-8-11-4-1-2-5-12(11)10-13/h1-5,7-10,14H,6H2. The molecule has 2 aromatic rings. The quantitative estimate of drug-likeness (QED) is 0.701. The molecular formula is C15H12O. The normalized spacial score (nSPS) is 19.5. The van der Waals surface area contributed by atoms with E-state index in [1.54, 1.807) is 6.08 Å². The number of benzene rings is 2. The highest BCUT2D eigenvalue weighted by Crippen LogP contribution is 2.28. The van der Waals surface area contributed by atoms with Crippen LogP contribution in [-0.2, 0) is 4.79 Å². The van der Waals surface area contributed by atoms with Crippen LogP contribution in [-0.4, -0.2) is 5.78 Å². The largest absolute Gasteiger partial charge is 0.294 e. The molecule has 0 saturated heterocycles. The zero-order chi connectivity index (χ0) is 11.0. The molecule has 0 spiro atoms. The molecule has 78 valence electrons. The van der Waals surface area contributed by atoms with Gasteiger partial charge in [-0.15, -0.1) is 0 Å². The molecule has 1 nitrogen and oxygen atoms in total. The van der Waals surface area contributed by atoms with Crippen molar-refractivity contribution in [2.24, 2.45) is 0 Å². The first-order valence-corrected chi connectivity index (χ1v) is 5.54. The van der Waals surface area contributed by atoms with Gasteiger partial charge in [-0.25, -0.2) is 0 Å². The van der Waals surface area contributed by atoms with E-state index in [-0.39, 0.29) is 11.7 Å². The maximum Gasteiger partial charge on any atom is 0.163 e. The van der Waals surface area contributed by atoms with Crippen molar-refractivity contribution in [1.29, 1.82) is 0 Å². The van der Waals surface area contributed by atoms with Gasteiger partial charge in [0.2, 0.25) is 0 Å². The zero-order valence-corrected chi connectivity index (χ0v) is 8.89. The molecule has 16 heavy (non-hydrogen) atoms. The number of rotatable bonds is 1. The lowest BCUT2D eigenvalue weighted by molar-refractivity contribution is -0.115. The first-order valence-electron chi connectivity index (χ1n) is 5.54. The van der Waals surface area contributed by atoms with E-state index in [9.17, 15) is 4.79 Å². The van der Waals surface area contributed by atoms with Crippen molar-refractivity contribution in [3.63, 3.8) is 0 Å². The SMILES string of the molecule is O=C1C=CCC1c1ccc2ccccc2c1. The van der Waals surface area contributed by atoms with Gasteiger partial charge in [-0.1, -0.05) is 48.5 Å². The van der Waals surface area contributed by atoms with E-state index in [0.29, 0.717) is 0 Å². The van der Waals surface area contributed by atoms with Crippen LogP contribution in [0.5, 0.6) is 0 Å². The Bertz CT molecular complexity index is 581. The number of ketones is 1. The minimum absolute atomic E-state index is 0.0459. The summed E-state index contributed by atoms with van der Waals surface area (Å²) in [6, 6.07) is 14.5. The molecule has 1 heteroatoms. The van der Waals surface area contributed by atoms with Crippen molar-refractivity contribution in [1.82, 2.24) is 0 Å². The fourth-order valence-electron chi connectivity index (χ4n) is 2.28. The van der Waals surface area contributed by atoms with Crippen LogP contribution in [0.2, 0.25) is 0 Å². The second-order valence-corrected chi connectivity index (χ2v) is 4.20. The summed E-state index contributed by atoms with van der Waals surface area (Å²) in [5.41, 5.74) is 1.13. The Morgan fingerprint density at radius 2 is 1.81 bits per heavy atom. The number of hydrogen-bond acceptors (Lipinski definition) is 1. The average Bonchev–Trinajstić information content (AvgIpc) is 2.75. The molecule has 3 rings (SSSR count). The van der Waals surface area contributed by atoms with Gasteiger partial charge in [0.25, 0.3) is 0 Å². The van der Waals surface area contributed by atoms with Gasteiger partial charge < -0.3 is 0 Å². The first kappa shape index (κ1) is 9.34. The minimum atomic E-state index is 0.0459. The van der Waals surface area contributed by atoms with Gasteiger partial charge in [0.15, 0.2) is 5.78 Å². The van der Waals surface area contributed by atoms with Gasteiger partial charge in [-0.3, -0.25) is 4.79 Å². The van der Waals surface area contributed by atoms with Crippen molar-refractivity contribution in [2.75, 3.05) is 0 Å². The topological polar surface area (TPSA) is 17.1 Å². The molecule has 1 atom stereocenters. The summed E-state index contributed by atoms with van der Waals surface area (Å²) in [6.07, 6.45) is 4.50.